The quantitative estimate of drug-likeness (QED) is 0.229. The second-order valence-electron chi connectivity index (χ2n) is 10.0. The Labute approximate surface area is 164 Å². The average Bonchev–Trinajstić information content (AvgIpc) is 2.62. The Morgan fingerprint density at radius 3 is 2.67 bits per heavy atom. The van der Waals surface area contributed by atoms with Gasteiger partial charge >= 0.3 is 5.97 Å². The number of esters is 1. The zero-order chi connectivity index (χ0) is 19.9. The fraction of sp³-hybridized carbons (Fsp3) is 0.826. The minimum absolute atomic E-state index is 0.0136. The van der Waals surface area contributed by atoms with E-state index in [0.29, 0.717) is 17.8 Å². The zero-order valence-electron chi connectivity index (χ0n) is 17.8. The topological polar surface area (TPSA) is 58.9 Å². The number of allylic oxidation sites excluding steroid dienone is 2. The van der Waals surface area contributed by atoms with Crippen molar-refractivity contribution in [3.63, 3.8) is 0 Å². The molecule has 0 saturated heterocycles. The standard InChI is InChI=1S/C23H37NO3/c1-16-9-10-18-21(2,17(16)8-6-15-24-26)14-11-19-22(18,3)12-7-13-23(19,4)20(25)27-5/h9,15,17-19,26H,6-8,10-14H2,1-5H3/b24-15+/t17-,18+,19-,21+,22-,23+/m1/s1. The van der Waals surface area contributed by atoms with Gasteiger partial charge in [0, 0.05) is 6.21 Å². The Hall–Kier alpha value is -1.32. The van der Waals surface area contributed by atoms with Crippen molar-refractivity contribution in [3.05, 3.63) is 11.6 Å². The molecule has 0 aromatic rings. The van der Waals surface area contributed by atoms with Gasteiger partial charge < -0.3 is 9.94 Å². The number of fused-ring (bicyclic) bond motifs is 3. The molecule has 4 heteroatoms. The van der Waals surface area contributed by atoms with Gasteiger partial charge in [0.2, 0.25) is 0 Å². The number of carbonyl (C=O) groups excluding carboxylic acids is 1. The molecule has 0 heterocycles. The number of methoxy groups -OCH3 is 1. The van der Waals surface area contributed by atoms with Crippen LogP contribution in [-0.4, -0.2) is 24.5 Å². The van der Waals surface area contributed by atoms with E-state index in [1.807, 2.05) is 0 Å². The molecule has 4 nitrogen and oxygen atoms in total. The van der Waals surface area contributed by atoms with Gasteiger partial charge in [0.05, 0.1) is 12.5 Å². The summed E-state index contributed by atoms with van der Waals surface area (Å²) in [6, 6.07) is 0. The molecule has 0 bridgehead atoms. The molecule has 6 atom stereocenters. The SMILES string of the molecule is COC(=O)[C@@]1(C)CCC[C@]2(C)[C@H]3CC=C(C)[C@@H](CC/C=N/O)[C@]3(C)CC[C@H]21. The van der Waals surface area contributed by atoms with Gasteiger partial charge in [-0.3, -0.25) is 4.79 Å². The van der Waals surface area contributed by atoms with E-state index in [1.165, 1.54) is 19.1 Å². The van der Waals surface area contributed by atoms with E-state index >= 15 is 0 Å². The Morgan fingerprint density at radius 2 is 2.00 bits per heavy atom. The van der Waals surface area contributed by atoms with Crippen LogP contribution in [0.1, 0.15) is 79.1 Å². The van der Waals surface area contributed by atoms with Crippen molar-refractivity contribution < 1.29 is 14.7 Å². The number of hydrogen-bond acceptors (Lipinski definition) is 4. The molecule has 0 aromatic heterocycles. The molecule has 3 aliphatic carbocycles. The highest BCUT2D eigenvalue weighted by atomic mass is 16.5. The highest BCUT2D eigenvalue weighted by Crippen LogP contribution is 2.68. The fourth-order valence-electron chi connectivity index (χ4n) is 7.62. The summed E-state index contributed by atoms with van der Waals surface area (Å²) in [6.07, 6.45) is 12.6. The van der Waals surface area contributed by atoms with Crippen LogP contribution in [0.25, 0.3) is 0 Å². The summed E-state index contributed by atoms with van der Waals surface area (Å²) >= 11 is 0. The van der Waals surface area contributed by atoms with Crippen molar-refractivity contribution in [3.8, 4) is 0 Å². The molecule has 1 N–H and O–H groups in total. The van der Waals surface area contributed by atoms with Crippen molar-refractivity contribution in [2.24, 2.45) is 39.2 Å². The molecule has 3 aliphatic rings. The van der Waals surface area contributed by atoms with E-state index in [2.05, 4.69) is 38.9 Å². The second-order valence-corrected chi connectivity index (χ2v) is 10.0. The number of nitrogens with zero attached hydrogens (tertiary/aromatic N) is 1. The van der Waals surface area contributed by atoms with E-state index in [9.17, 15) is 4.79 Å². The van der Waals surface area contributed by atoms with Crippen LogP contribution in [0, 0.1) is 34.0 Å². The Balaban J connectivity index is 1.96. The number of oxime groups is 1. The van der Waals surface area contributed by atoms with Crippen LogP contribution in [0.2, 0.25) is 0 Å². The van der Waals surface area contributed by atoms with E-state index in [-0.39, 0.29) is 22.2 Å². The number of carbonyl (C=O) groups is 1. The molecule has 27 heavy (non-hydrogen) atoms. The smallest absolute Gasteiger partial charge is 0.311 e. The summed E-state index contributed by atoms with van der Waals surface area (Å²) < 4.78 is 5.26. The molecule has 0 spiro atoms. The van der Waals surface area contributed by atoms with Crippen molar-refractivity contribution in [2.45, 2.75) is 79.1 Å². The summed E-state index contributed by atoms with van der Waals surface area (Å²) in [5, 5.41) is 12.0. The molecule has 0 aromatic carbocycles. The van der Waals surface area contributed by atoms with Crippen molar-refractivity contribution >= 4 is 12.2 Å². The molecule has 0 radical (unpaired) electrons. The van der Waals surface area contributed by atoms with Crippen LogP contribution >= 0.6 is 0 Å². The highest BCUT2D eigenvalue weighted by molar-refractivity contribution is 5.77. The van der Waals surface area contributed by atoms with Gasteiger partial charge in [-0.15, -0.1) is 5.16 Å². The minimum atomic E-state index is -0.349. The maximum absolute atomic E-state index is 12.7. The number of hydrogen-bond donors (Lipinski definition) is 1. The van der Waals surface area contributed by atoms with E-state index in [1.54, 1.807) is 6.21 Å². The van der Waals surface area contributed by atoms with Crippen LogP contribution in [0.3, 0.4) is 0 Å². The van der Waals surface area contributed by atoms with Gasteiger partial charge in [0.25, 0.3) is 0 Å². The summed E-state index contributed by atoms with van der Waals surface area (Å²) in [7, 11) is 1.54. The lowest BCUT2D eigenvalue weighted by molar-refractivity contribution is -0.184. The third kappa shape index (κ3) is 3.03. The molecular weight excluding hydrogens is 338 g/mol. The van der Waals surface area contributed by atoms with Gasteiger partial charge in [-0.05, 0) is 87.4 Å². The maximum Gasteiger partial charge on any atom is 0.311 e. The Bertz CT molecular complexity index is 642. The summed E-state index contributed by atoms with van der Waals surface area (Å²) in [5.74, 6) is 1.50. The monoisotopic (exact) mass is 375 g/mol. The lowest BCUT2D eigenvalue weighted by Crippen LogP contribution is -2.59. The highest BCUT2D eigenvalue weighted by Gasteiger charge is 2.63. The van der Waals surface area contributed by atoms with Crippen molar-refractivity contribution in [2.75, 3.05) is 7.11 Å². The molecule has 152 valence electrons. The minimum Gasteiger partial charge on any atom is -0.469 e. The number of ether oxygens (including phenoxy) is 1. The molecule has 2 saturated carbocycles. The van der Waals surface area contributed by atoms with Crippen LogP contribution in [-0.2, 0) is 9.53 Å². The largest absolute Gasteiger partial charge is 0.469 e. The van der Waals surface area contributed by atoms with Crippen LogP contribution < -0.4 is 0 Å². The van der Waals surface area contributed by atoms with E-state index in [4.69, 9.17) is 9.94 Å². The predicted molar refractivity (Wildman–Crippen MR) is 108 cm³/mol. The molecule has 0 amide bonds. The average molecular weight is 376 g/mol. The lowest BCUT2D eigenvalue weighted by atomic mass is 9.39. The molecule has 0 aliphatic heterocycles. The Morgan fingerprint density at radius 1 is 1.26 bits per heavy atom. The number of rotatable bonds is 4. The normalized spacial score (nSPS) is 44.3. The third-order valence-corrected chi connectivity index (χ3v) is 8.88. The van der Waals surface area contributed by atoms with Gasteiger partial charge in [0.15, 0.2) is 0 Å². The van der Waals surface area contributed by atoms with Crippen molar-refractivity contribution in [1.82, 2.24) is 0 Å². The van der Waals surface area contributed by atoms with Crippen LogP contribution in [0.5, 0.6) is 0 Å². The van der Waals surface area contributed by atoms with E-state index in [0.717, 1.165) is 44.9 Å². The van der Waals surface area contributed by atoms with Gasteiger partial charge in [-0.2, -0.15) is 0 Å². The van der Waals surface area contributed by atoms with Gasteiger partial charge in [-0.25, -0.2) is 0 Å². The fourth-order valence-corrected chi connectivity index (χ4v) is 7.62. The molecule has 0 unspecified atom stereocenters. The zero-order valence-corrected chi connectivity index (χ0v) is 17.8. The summed E-state index contributed by atoms with van der Waals surface area (Å²) in [5.41, 5.74) is 1.57. The van der Waals surface area contributed by atoms with Crippen LogP contribution in [0.15, 0.2) is 16.8 Å². The van der Waals surface area contributed by atoms with Crippen LogP contribution in [0.4, 0.5) is 0 Å². The first-order valence-corrected chi connectivity index (χ1v) is 10.6. The first kappa shape index (κ1) is 20.4. The first-order valence-electron chi connectivity index (χ1n) is 10.6. The van der Waals surface area contributed by atoms with Gasteiger partial charge in [-0.1, -0.05) is 31.9 Å². The summed E-state index contributed by atoms with van der Waals surface area (Å²) in [4.78, 5) is 12.7. The lowest BCUT2D eigenvalue weighted by Gasteiger charge is -2.65. The van der Waals surface area contributed by atoms with Gasteiger partial charge in [0.1, 0.15) is 0 Å². The molecule has 3 rings (SSSR count). The second kappa shape index (κ2) is 7.25. The van der Waals surface area contributed by atoms with Crippen molar-refractivity contribution in [1.29, 1.82) is 0 Å². The van der Waals surface area contributed by atoms with E-state index < -0.39 is 0 Å². The molecule has 2 fully saturated rings. The summed E-state index contributed by atoms with van der Waals surface area (Å²) in [6.45, 7) is 9.38. The predicted octanol–water partition coefficient (Wildman–Crippen LogP) is 5.59. The Kier molecular flexibility index (Phi) is 5.48. The first-order chi connectivity index (χ1) is 12.7. The maximum atomic E-state index is 12.7. The third-order valence-electron chi connectivity index (χ3n) is 8.88. The molecular formula is C23H37NO3.